The second kappa shape index (κ2) is 7.10. The summed E-state index contributed by atoms with van der Waals surface area (Å²) in [5.74, 6) is 0.280. The number of aliphatic hydroxyl groups is 1. The lowest BCUT2D eigenvalue weighted by atomic mass is 10.2. The van der Waals surface area contributed by atoms with E-state index >= 15 is 0 Å². The summed E-state index contributed by atoms with van der Waals surface area (Å²) in [6.45, 7) is 1.61. The molecule has 0 fully saturated rings. The van der Waals surface area contributed by atoms with Crippen LogP contribution in [0.1, 0.15) is 12.5 Å². The fourth-order valence-corrected chi connectivity index (χ4v) is 2.36. The predicted octanol–water partition coefficient (Wildman–Crippen LogP) is 3.13. The fraction of sp³-hybridized carbons (Fsp3) is 0.158. The summed E-state index contributed by atoms with van der Waals surface area (Å²) in [4.78, 5) is 16.6. The highest BCUT2D eigenvalue weighted by Gasteiger charge is 2.15. The van der Waals surface area contributed by atoms with Gasteiger partial charge in [-0.05, 0) is 36.8 Å². The second-order valence-electron chi connectivity index (χ2n) is 5.47. The van der Waals surface area contributed by atoms with Crippen molar-refractivity contribution in [3.8, 4) is 5.75 Å². The molecule has 2 aromatic carbocycles. The number of carbonyl (C=O) groups excluding carboxylic acids is 1. The van der Waals surface area contributed by atoms with Gasteiger partial charge in [-0.1, -0.05) is 30.3 Å². The molecule has 1 amide bonds. The zero-order chi connectivity index (χ0) is 16.9. The fourth-order valence-electron chi connectivity index (χ4n) is 2.36. The van der Waals surface area contributed by atoms with Gasteiger partial charge in [0.15, 0.2) is 6.10 Å². The second-order valence-corrected chi connectivity index (χ2v) is 5.47. The van der Waals surface area contributed by atoms with Crippen LogP contribution in [0.4, 0.5) is 5.69 Å². The van der Waals surface area contributed by atoms with Crippen LogP contribution in [0.25, 0.3) is 10.9 Å². The molecule has 0 aliphatic heterocycles. The van der Waals surface area contributed by atoms with Gasteiger partial charge in [-0.2, -0.15) is 0 Å². The lowest BCUT2D eigenvalue weighted by molar-refractivity contribution is -0.122. The first-order valence-corrected chi connectivity index (χ1v) is 7.68. The van der Waals surface area contributed by atoms with Gasteiger partial charge >= 0.3 is 0 Å². The summed E-state index contributed by atoms with van der Waals surface area (Å²) < 4.78 is 5.63. The number of aromatic nitrogens is 1. The van der Waals surface area contributed by atoms with E-state index in [2.05, 4.69) is 10.3 Å². The highest BCUT2D eigenvalue weighted by Crippen LogP contribution is 2.18. The average molecular weight is 322 g/mol. The van der Waals surface area contributed by atoms with Crippen LogP contribution in [-0.2, 0) is 11.4 Å². The maximum Gasteiger partial charge on any atom is 0.265 e. The van der Waals surface area contributed by atoms with E-state index in [9.17, 15) is 4.79 Å². The van der Waals surface area contributed by atoms with Gasteiger partial charge in [-0.3, -0.25) is 9.78 Å². The van der Waals surface area contributed by atoms with E-state index in [0.717, 1.165) is 16.5 Å². The molecule has 1 heterocycles. The maximum absolute atomic E-state index is 12.3. The standard InChI is InChI=1S/C19H18N2O3/c1-13(24-17-7-4-5-14(9-17)12-22)19(23)21-16-10-15-6-2-3-8-18(15)20-11-16/h2-11,13,22H,12H2,1H3,(H,21,23). The molecule has 2 N–H and O–H groups in total. The molecule has 0 saturated heterocycles. The first-order valence-electron chi connectivity index (χ1n) is 7.68. The molecule has 0 aliphatic rings. The molecule has 3 aromatic rings. The van der Waals surface area contributed by atoms with Crippen LogP contribution in [0, 0.1) is 0 Å². The first kappa shape index (κ1) is 16.0. The summed E-state index contributed by atoms with van der Waals surface area (Å²) in [7, 11) is 0. The predicted molar refractivity (Wildman–Crippen MR) is 92.8 cm³/mol. The van der Waals surface area contributed by atoms with Crippen LogP contribution < -0.4 is 10.1 Å². The van der Waals surface area contributed by atoms with E-state index in [0.29, 0.717) is 11.4 Å². The number of rotatable bonds is 5. The van der Waals surface area contributed by atoms with Gasteiger partial charge in [-0.15, -0.1) is 0 Å². The minimum atomic E-state index is -0.676. The van der Waals surface area contributed by atoms with Crippen LogP contribution in [-0.4, -0.2) is 22.1 Å². The normalized spacial score (nSPS) is 11.9. The van der Waals surface area contributed by atoms with Gasteiger partial charge in [0.05, 0.1) is 24.0 Å². The van der Waals surface area contributed by atoms with Gasteiger partial charge in [-0.25, -0.2) is 0 Å². The third-order valence-electron chi connectivity index (χ3n) is 3.62. The number of anilines is 1. The zero-order valence-corrected chi connectivity index (χ0v) is 13.3. The highest BCUT2D eigenvalue weighted by molar-refractivity contribution is 5.95. The topological polar surface area (TPSA) is 71.5 Å². The van der Waals surface area contributed by atoms with Crippen LogP contribution in [0.5, 0.6) is 5.75 Å². The molecule has 122 valence electrons. The van der Waals surface area contributed by atoms with Crippen LogP contribution in [0.3, 0.4) is 0 Å². The summed E-state index contributed by atoms with van der Waals surface area (Å²) in [5, 5.41) is 12.9. The number of benzene rings is 2. The van der Waals surface area contributed by atoms with E-state index in [1.807, 2.05) is 30.3 Å². The smallest absolute Gasteiger partial charge is 0.265 e. The maximum atomic E-state index is 12.3. The summed E-state index contributed by atoms with van der Waals surface area (Å²) >= 11 is 0. The number of nitrogens with one attached hydrogen (secondary N) is 1. The Morgan fingerprint density at radius 3 is 2.88 bits per heavy atom. The van der Waals surface area contributed by atoms with E-state index < -0.39 is 6.10 Å². The molecule has 1 aromatic heterocycles. The molecule has 1 atom stereocenters. The molecule has 24 heavy (non-hydrogen) atoms. The van der Waals surface area contributed by atoms with Crippen LogP contribution in [0.15, 0.2) is 60.8 Å². The van der Waals surface area contributed by atoms with Crippen molar-refractivity contribution in [2.75, 3.05) is 5.32 Å². The Morgan fingerprint density at radius 1 is 1.21 bits per heavy atom. The van der Waals surface area contributed by atoms with Crippen molar-refractivity contribution in [3.63, 3.8) is 0 Å². The minimum Gasteiger partial charge on any atom is -0.481 e. The number of fused-ring (bicyclic) bond motifs is 1. The lowest BCUT2D eigenvalue weighted by Gasteiger charge is -2.15. The molecule has 3 rings (SSSR count). The number of amides is 1. The third kappa shape index (κ3) is 3.70. The van der Waals surface area contributed by atoms with Gasteiger partial charge in [0.25, 0.3) is 5.91 Å². The van der Waals surface area contributed by atoms with Gasteiger partial charge in [0.1, 0.15) is 5.75 Å². The molecule has 0 aliphatic carbocycles. The number of para-hydroxylation sites is 1. The van der Waals surface area contributed by atoms with E-state index in [1.54, 1.807) is 37.4 Å². The lowest BCUT2D eigenvalue weighted by Crippen LogP contribution is -2.30. The number of hydrogen-bond donors (Lipinski definition) is 2. The highest BCUT2D eigenvalue weighted by atomic mass is 16.5. The molecular formula is C19H18N2O3. The molecule has 0 radical (unpaired) electrons. The Balaban J connectivity index is 1.68. The number of aliphatic hydroxyl groups excluding tert-OH is 1. The van der Waals surface area contributed by atoms with Crippen molar-refractivity contribution < 1.29 is 14.6 Å². The van der Waals surface area contributed by atoms with Crippen molar-refractivity contribution >= 4 is 22.5 Å². The van der Waals surface area contributed by atoms with Crippen molar-refractivity contribution in [2.24, 2.45) is 0 Å². The average Bonchev–Trinajstić information content (AvgIpc) is 2.61. The van der Waals surface area contributed by atoms with Crippen LogP contribution >= 0.6 is 0 Å². The van der Waals surface area contributed by atoms with Crippen LogP contribution in [0.2, 0.25) is 0 Å². The number of pyridine rings is 1. The molecule has 5 heteroatoms. The number of hydrogen-bond acceptors (Lipinski definition) is 4. The Bertz CT molecular complexity index is 864. The molecule has 1 unspecified atom stereocenters. The summed E-state index contributed by atoms with van der Waals surface area (Å²) in [6, 6.07) is 16.6. The van der Waals surface area contributed by atoms with E-state index in [1.165, 1.54) is 0 Å². The Morgan fingerprint density at radius 2 is 2.04 bits per heavy atom. The van der Waals surface area contributed by atoms with E-state index in [-0.39, 0.29) is 12.5 Å². The van der Waals surface area contributed by atoms with Gasteiger partial charge in [0, 0.05) is 5.39 Å². The number of carbonyl (C=O) groups is 1. The Labute approximate surface area is 139 Å². The summed E-state index contributed by atoms with van der Waals surface area (Å²) in [5.41, 5.74) is 2.23. The monoisotopic (exact) mass is 322 g/mol. The SMILES string of the molecule is CC(Oc1cccc(CO)c1)C(=O)Nc1cnc2ccccc2c1. The Hall–Kier alpha value is -2.92. The number of nitrogens with zero attached hydrogens (tertiary/aromatic N) is 1. The molecular weight excluding hydrogens is 304 g/mol. The quantitative estimate of drug-likeness (QED) is 0.757. The van der Waals surface area contributed by atoms with Crippen molar-refractivity contribution in [2.45, 2.75) is 19.6 Å². The van der Waals surface area contributed by atoms with Gasteiger partial charge in [0.2, 0.25) is 0 Å². The van der Waals surface area contributed by atoms with Crippen molar-refractivity contribution in [3.05, 3.63) is 66.4 Å². The largest absolute Gasteiger partial charge is 0.481 e. The van der Waals surface area contributed by atoms with Crippen molar-refractivity contribution in [1.29, 1.82) is 0 Å². The van der Waals surface area contributed by atoms with E-state index in [4.69, 9.17) is 9.84 Å². The van der Waals surface area contributed by atoms with Gasteiger partial charge < -0.3 is 15.2 Å². The summed E-state index contributed by atoms with van der Waals surface area (Å²) in [6.07, 6.45) is 0.949. The molecule has 5 nitrogen and oxygen atoms in total. The zero-order valence-electron chi connectivity index (χ0n) is 13.3. The number of ether oxygens (including phenoxy) is 1. The minimum absolute atomic E-state index is 0.0689. The first-order chi connectivity index (χ1) is 11.7. The Kier molecular flexibility index (Phi) is 4.72. The third-order valence-corrected chi connectivity index (χ3v) is 3.62. The molecule has 0 bridgehead atoms. The molecule has 0 spiro atoms. The van der Waals surface area contributed by atoms with Crippen molar-refractivity contribution in [1.82, 2.24) is 4.98 Å². The molecule has 0 saturated carbocycles.